The molecule has 0 spiro atoms. The summed E-state index contributed by atoms with van der Waals surface area (Å²) in [7, 11) is 0. The maximum Gasteiger partial charge on any atom is 0.331 e. The van der Waals surface area contributed by atoms with E-state index in [0.717, 1.165) is 5.56 Å². The second kappa shape index (κ2) is 8.60. The van der Waals surface area contributed by atoms with E-state index in [1.54, 1.807) is 24.3 Å². The van der Waals surface area contributed by atoms with Crippen LogP contribution in [0.4, 0.5) is 0 Å². The number of aliphatic hydroxyl groups excluding tert-OH is 1. The van der Waals surface area contributed by atoms with E-state index in [9.17, 15) is 24.6 Å². The zero-order valence-corrected chi connectivity index (χ0v) is 13.2. The first-order chi connectivity index (χ1) is 12.0. The van der Waals surface area contributed by atoms with Crippen molar-refractivity contribution in [2.45, 2.75) is 12.6 Å². The van der Waals surface area contributed by atoms with Crippen molar-refractivity contribution in [3.63, 3.8) is 0 Å². The van der Waals surface area contributed by atoms with E-state index in [0.29, 0.717) is 6.29 Å². The fourth-order valence-electron chi connectivity index (χ4n) is 2.05. The quantitative estimate of drug-likeness (QED) is 0.511. The molecule has 7 heteroatoms. The molecule has 2 rings (SSSR count). The van der Waals surface area contributed by atoms with Crippen LogP contribution in [0, 0.1) is 0 Å². The summed E-state index contributed by atoms with van der Waals surface area (Å²) in [6.07, 6.45) is 0.522. The summed E-state index contributed by atoms with van der Waals surface area (Å²) in [6, 6.07) is 11.4. The topological polar surface area (TPSA) is 113 Å². The van der Waals surface area contributed by atoms with Gasteiger partial charge in [0.1, 0.15) is 18.6 Å². The summed E-state index contributed by atoms with van der Waals surface area (Å²) in [6.45, 7) is -0.675. The van der Waals surface area contributed by atoms with Crippen molar-refractivity contribution in [3.05, 3.63) is 65.2 Å². The maximum atomic E-state index is 12.2. The van der Waals surface area contributed by atoms with Crippen molar-refractivity contribution < 1.29 is 29.3 Å². The van der Waals surface area contributed by atoms with E-state index in [1.165, 1.54) is 18.2 Å². The van der Waals surface area contributed by atoms with Gasteiger partial charge in [-0.1, -0.05) is 30.3 Å². The lowest BCUT2D eigenvalue weighted by atomic mass is 10.1. The number of carbonyl (C=O) groups excluding carboxylic acids is 3. The first-order valence-corrected chi connectivity index (χ1v) is 7.45. The van der Waals surface area contributed by atoms with E-state index in [2.05, 4.69) is 5.32 Å². The van der Waals surface area contributed by atoms with Gasteiger partial charge in [-0.2, -0.15) is 0 Å². The summed E-state index contributed by atoms with van der Waals surface area (Å²) in [5.41, 5.74) is 0.768. The number of ether oxygens (including phenoxy) is 1. The number of hydrogen-bond acceptors (Lipinski definition) is 6. The molecule has 2 aromatic carbocycles. The predicted octanol–water partition coefficient (Wildman–Crippen LogP) is 1.04. The molecule has 2 aromatic rings. The van der Waals surface area contributed by atoms with Gasteiger partial charge in [0.05, 0.1) is 12.2 Å². The Morgan fingerprint density at radius 1 is 1.16 bits per heavy atom. The van der Waals surface area contributed by atoms with Gasteiger partial charge in [0.2, 0.25) is 0 Å². The number of phenols is 1. The first kappa shape index (κ1) is 18.2. The summed E-state index contributed by atoms with van der Waals surface area (Å²) < 4.78 is 5.06. The number of nitrogens with one attached hydrogen (secondary N) is 1. The largest absolute Gasteiger partial charge is 0.507 e. The van der Waals surface area contributed by atoms with Crippen LogP contribution in [-0.4, -0.2) is 41.0 Å². The molecule has 0 unspecified atom stereocenters. The van der Waals surface area contributed by atoms with Crippen LogP contribution in [0.25, 0.3) is 0 Å². The molecule has 0 saturated carbocycles. The van der Waals surface area contributed by atoms with Gasteiger partial charge in [0.25, 0.3) is 5.91 Å². The molecule has 0 aliphatic rings. The smallest absolute Gasteiger partial charge is 0.331 e. The molecule has 0 saturated heterocycles. The summed E-state index contributed by atoms with van der Waals surface area (Å²) in [4.78, 5) is 35.0. The van der Waals surface area contributed by atoms with Crippen molar-refractivity contribution in [2.24, 2.45) is 0 Å². The van der Waals surface area contributed by atoms with Crippen molar-refractivity contribution in [3.8, 4) is 5.75 Å². The normalized spacial score (nSPS) is 11.4. The number of esters is 1. The number of aldehydes is 1. The van der Waals surface area contributed by atoms with Crippen LogP contribution in [0.3, 0.4) is 0 Å². The fraction of sp³-hybridized carbons (Fsp3) is 0.167. The van der Waals surface area contributed by atoms with Crippen LogP contribution >= 0.6 is 0 Å². The van der Waals surface area contributed by atoms with Crippen LogP contribution < -0.4 is 5.32 Å². The minimum absolute atomic E-state index is 0.00206. The average molecular weight is 343 g/mol. The van der Waals surface area contributed by atoms with E-state index >= 15 is 0 Å². The lowest BCUT2D eigenvalue weighted by Gasteiger charge is -2.16. The number of aromatic hydroxyl groups is 1. The number of carbonyl (C=O) groups is 3. The van der Waals surface area contributed by atoms with Crippen molar-refractivity contribution in [1.82, 2.24) is 5.32 Å². The molecule has 0 aliphatic heterocycles. The maximum absolute atomic E-state index is 12.2. The molecule has 0 radical (unpaired) electrons. The van der Waals surface area contributed by atoms with E-state index < -0.39 is 24.5 Å². The molecule has 0 heterocycles. The van der Waals surface area contributed by atoms with Crippen LogP contribution in [0.1, 0.15) is 26.3 Å². The lowest BCUT2D eigenvalue weighted by Crippen LogP contribution is -2.44. The number of benzene rings is 2. The Morgan fingerprint density at radius 2 is 1.88 bits per heavy atom. The third-order valence-corrected chi connectivity index (χ3v) is 3.40. The van der Waals surface area contributed by atoms with Crippen LogP contribution in [0.2, 0.25) is 0 Å². The molecule has 130 valence electrons. The van der Waals surface area contributed by atoms with Crippen molar-refractivity contribution in [1.29, 1.82) is 0 Å². The molecule has 0 aromatic heterocycles. The highest BCUT2D eigenvalue weighted by molar-refractivity contribution is 6.00. The molecular weight excluding hydrogens is 326 g/mol. The van der Waals surface area contributed by atoms with Gasteiger partial charge in [0, 0.05) is 5.56 Å². The van der Waals surface area contributed by atoms with Gasteiger partial charge in [-0.15, -0.1) is 0 Å². The van der Waals surface area contributed by atoms with Gasteiger partial charge in [-0.25, -0.2) is 4.79 Å². The van der Waals surface area contributed by atoms with Gasteiger partial charge in [-0.3, -0.25) is 9.59 Å². The molecule has 0 bridgehead atoms. The Balaban J connectivity index is 2.01. The minimum Gasteiger partial charge on any atom is -0.507 e. The number of aliphatic hydroxyl groups is 1. The lowest BCUT2D eigenvalue weighted by molar-refractivity contribution is -0.148. The molecule has 3 N–H and O–H groups in total. The highest BCUT2D eigenvalue weighted by Gasteiger charge is 2.23. The number of rotatable bonds is 7. The van der Waals surface area contributed by atoms with Gasteiger partial charge >= 0.3 is 5.97 Å². The van der Waals surface area contributed by atoms with Crippen molar-refractivity contribution in [2.75, 3.05) is 6.61 Å². The molecular formula is C18H17NO6. The Hall–Kier alpha value is -3.19. The average Bonchev–Trinajstić information content (AvgIpc) is 2.65. The zero-order valence-electron chi connectivity index (χ0n) is 13.2. The number of phenolic OH excluding ortho intramolecular Hbond substituents is 1. The molecule has 0 aliphatic carbocycles. The van der Waals surface area contributed by atoms with E-state index in [-0.39, 0.29) is 23.5 Å². The number of amides is 1. The van der Waals surface area contributed by atoms with Gasteiger partial charge in [-0.05, 0) is 23.8 Å². The van der Waals surface area contributed by atoms with Gasteiger partial charge < -0.3 is 20.3 Å². The predicted molar refractivity (Wildman–Crippen MR) is 88.1 cm³/mol. The highest BCUT2D eigenvalue weighted by atomic mass is 16.5. The second-order valence-corrected chi connectivity index (χ2v) is 5.20. The summed E-state index contributed by atoms with van der Waals surface area (Å²) >= 11 is 0. The Kier molecular flexibility index (Phi) is 6.25. The summed E-state index contributed by atoms with van der Waals surface area (Å²) in [5.74, 6) is -1.97. The van der Waals surface area contributed by atoms with Gasteiger partial charge in [0.15, 0.2) is 6.04 Å². The molecule has 25 heavy (non-hydrogen) atoms. The SMILES string of the molecule is O=Cc1ccc(O)c(C(=O)N[C@@H](CO)C(=O)OCc2ccccc2)c1. The second-order valence-electron chi connectivity index (χ2n) is 5.20. The highest BCUT2D eigenvalue weighted by Crippen LogP contribution is 2.18. The van der Waals surface area contributed by atoms with E-state index in [4.69, 9.17) is 4.74 Å². The number of hydrogen-bond donors (Lipinski definition) is 3. The van der Waals surface area contributed by atoms with Crippen LogP contribution in [-0.2, 0) is 16.1 Å². The fourth-order valence-corrected chi connectivity index (χ4v) is 2.05. The Morgan fingerprint density at radius 3 is 2.52 bits per heavy atom. The third kappa shape index (κ3) is 4.89. The molecule has 1 atom stereocenters. The van der Waals surface area contributed by atoms with Crippen molar-refractivity contribution >= 4 is 18.2 Å². The zero-order chi connectivity index (χ0) is 18.2. The molecule has 1 amide bonds. The van der Waals surface area contributed by atoms with Crippen LogP contribution in [0.15, 0.2) is 48.5 Å². The molecule has 7 nitrogen and oxygen atoms in total. The standard InChI is InChI=1S/C18H17NO6/c20-9-13-6-7-16(22)14(8-13)17(23)19-15(10-21)18(24)25-11-12-4-2-1-3-5-12/h1-9,15,21-22H,10-11H2,(H,19,23)/t15-/m0/s1. The first-order valence-electron chi connectivity index (χ1n) is 7.45. The minimum atomic E-state index is -1.30. The van der Waals surface area contributed by atoms with E-state index in [1.807, 2.05) is 6.07 Å². The van der Waals surface area contributed by atoms with Crippen LogP contribution in [0.5, 0.6) is 5.75 Å². The summed E-state index contributed by atoms with van der Waals surface area (Å²) in [5, 5.41) is 21.3. The monoisotopic (exact) mass is 343 g/mol. The Bertz CT molecular complexity index is 759. The Labute approximate surface area is 143 Å². The third-order valence-electron chi connectivity index (χ3n) is 3.40. The molecule has 0 fully saturated rings.